The van der Waals surface area contributed by atoms with E-state index in [2.05, 4.69) is 13.8 Å². The van der Waals surface area contributed by atoms with Crippen LogP contribution in [0.4, 0.5) is 0 Å². The summed E-state index contributed by atoms with van der Waals surface area (Å²) in [6.45, 7) is 4.46. The fourth-order valence-corrected chi connectivity index (χ4v) is 4.99. The highest BCUT2D eigenvalue weighted by atomic mass is 16.3. The summed E-state index contributed by atoms with van der Waals surface area (Å²) in [6, 6.07) is 0. The molecule has 0 saturated heterocycles. The van der Waals surface area contributed by atoms with Gasteiger partial charge in [-0.15, -0.1) is 0 Å². The number of aliphatic hydroxyl groups is 3. The van der Waals surface area contributed by atoms with E-state index in [0.29, 0.717) is 12.8 Å². The minimum Gasteiger partial charge on any atom is -0.393 e. The fraction of sp³-hybridized carbons (Fsp3) is 0.967. The maximum atomic E-state index is 12.6. The summed E-state index contributed by atoms with van der Waals surface area (Å²) < 4.78 is 0. The van der Waals surface area contributed by atoms with Gasteiger partial charge in [0.2, 0.25) is 0 Å². The fourth-order valence-electron chi connectivity index (χ4n) is 4.99. The molecule has 0 spiro atoms. The van der Waals surface area contributed by atoms with Crippen LogP contribution in [0.25, 0.3) is 0 Å². The predicted octanol–water partition coefficient (Wildman–Crippen LogP) is 7.18. The summed E-state index contributed by atoms with van der Waals surface area (Å²) in [5.74, 6) is -1.33. The van der Waals surface area contributed by atoms with E-state index in [1.54, 1.807) is 0 Å². The van der Waals surface area contributed by atoms with Gasteiger partial charge in [-0.05, 0) is 12.8 Å². The molecule has 0 bridgehead atoms. The van der Waals surface area contributed by atoms with Gasteiger partial charge in [-0.2, -0.15) is 0 Å². The molecular formula is C30H61NO4. The van der Waals surface area contributed by atoms with E-state index in [1.807, 2.05) is 0 Å². The molecule has 0 aliphatic heterocycles. The summed E-state index contributed by atoms with van der Waals surface area (Å²) in [6.07, 6.45) is 22.5. The Hall–Kier alpha value is -0.490. The van der Waals surface area contributed by atoms with Crippen molar-refractivity contribution in [2.24, 2.45) is 11.7 Å². The average Bonchev–Trinajstić information content (AvgIpc) is 2.81. The third-order valence-corrected chi connectivity index (χ3v) is 7.34. The van der Waals surface area contributed by atoms with Crippen LogP contribution in [0, 0.1) is 5.92 Å². The van der Waals surface area contributed by atoms with Crippen LogP contribution >= 0.6 is 0 Å². The molecule has 210 valence electrons. The third-order valence-electron chi connectivity index (χ3n) is 7.34. The number of carbonyl (C=O) groups excluding carboxylic acids is 1. The van der Waals surface area contributed by atoms with Gasteiger partial charge in [0.25, 0.3) is 0 Å². The molecule has 0 aliphatic carbocycles. The Balaban J connectivity index is 3.89. The molecule has 5 heteroatoms. The number of hydrogen-bond acceptors (Lipinski definition) is 5. The van der Waals surface area contributed by atoms with Gasteiger partial charge in [-0.3, -0.25) is 4.79 Å². The van der Waals surface area contributed by atoms with Crippen molar-refractivity contribution in [3.05, 3.63) is 0 Å². The van der Waals surface area contributed by atoms with Gasteiger partial charge in [-0.1, -0.05) is 142 Å². The van der Waals surface area contributed by atoms with E-state index in [-0.39, 0.29) is 12.2 Å². The van der Waals surface area contributed by atoms with Crippen molar-refractivity contribution in [3.63, 3.8) is 0 Å². The molecule has 0 aromatic carbocycles. The van der Waals surface area contributed by atoms with E-state index in [4.69, 9.17) is 5.73 Å². The van der Waals surface area contributed by atoms with Crippen LogP contribution in [0.5, 0.6) is 0 Å². The monoisotopic (exact) mass is 499 g/mol. The lowest BCUT2D eigenvalue weighted by molar-refractivity contribution is -0.133. The van der Waals surface area contributed by atoms with Gasteiger partial charge in [0, 0.05) is 6.42 Å². The van der Waals surface area contributed by atoms with Gasteiger partial charge in [0.15, 0.2) is 0 Å². The highest BCUT2D eigenvalue weighted by Gasteiger charge is 2.32. The second-order valence-corrected chi connectivity index (χ2v) is 10.8. The second-order valence-electron chi connectivity index (χ2n) is 10.8. The molecule has 0 aliphatic rings. The quantitative estimate of drug-likeness (QED) is 0.0707. The molecule has 0 fully saturated rings. The summed E-state index contributed by atoms with van der Waals surface area (Å²) in [5.41, 5.74) is 5.63. The standard InChI is InChI=1S/C30H61NO4/c1-3-5-7-9-11-12-13-14-15-16-18-20-22-24-27(33)29(30(31)35)28(34)25-26(32)23-21-19-17-10-8-6-4-2/h26-27,29-30,32-33,35H,3-25,31H2,1-2H3/t26-,27-,29-,30?/m1/s1. The summed E-state index contributed by atoms with van der Waals surface area (Å²) in [5, 5.41) is 30.7. The predicted molar refractivity (Wildman–Crippen MR) is 148 cm³/mol. The number of unbranched alkanes of at least 4 members (excludes halogenated alkanes) is 18. The molecule has 35 heavy (non-hydrogen) atoms. The number of carbonyl (C=O) groups is 1. The molecule has 0 rings (SSSR count). The number of ketones is 1. The topological polar surface area (TPSA) is 104 Å². The summed E-state index contributed by atoms with van der Waals surface area (Å²) in [4.78, 5) is 12.6. The van der Waals surface area contributed by atoms with Crippen molar-refractivity contribution < 1.29 is 20.1 Å². The van der Waals surface area contributed by atoms with Crippen LogP contribution < -0.4 is 5.73 Å². The van der Waals surface area contributed by atoms with E-state index in [9.17, 15) is 20.1 Å². The zero-order chi connectivity index (χ0) is 26.2. The second kappa shape index (κ2) is 25.2. The van der Waals surface area contributed by atoms with Crippen molar-refractivity contribution in [2.45, 2.75) is 180 Å². The molecule has 0 aromatic heterocycles. The summed E-state index contributed by atoms with van der Waals surface area (Å²) in [7, 11) is 0. The van der Waals surface area contributed by atoms with Gasteiger partial charge < -0.3 is 21.1 Å². The van der Waals surface area contributed by atoms with Crippen LogP contribution in [0.2, 0.25) is 0 Å². The van der Waals surface area contributed by atoms with Gasteiger partial charge in [0.05, 0.1) is 18.1 Å². The van der Waals surface area contributed by atoms with E-state index in [1.165, 1.54) is 96.3 Å². The van der Waals surface area contributed by atoms with Crippen molar-refractivity contribution in [1.82, 2.24) is 0 Å². The highest BCUT2D eigenvalue weighted by Crippen LogP contribution is 2.20. The molecular weight excluding hydrogens is 438 g/mol. The van der Waals surface area contributed by atoms with Crippen LogP contribution in [-0.4, -0.2) is 39.5 Å². The molecule has 0 amide bonds. The Morgan fingerprint density at radius 1 is 0.571 bits per heavy atom. The lowest BCUT2D eigenvalue weighted by Gasteiger charge is -2.25. The first-order valence-corrected chi connectivity index (χ1v) is 15.3. The van der Waals surface area contributed by atoms with Crippen molar-refractivity contribution in [3.8, 4) is 0 Å². The van der Waals surface area contributed by atoms with Gasteiger partial charge in [-0.25, -0.2) is 0 Å². The SMILES string of the molecule is CCCCCCCCCCCCCCC[C@@H](O)[C@H](C(=O)C[C@H](O)CCCCCCCCC)C(N)O. The lowest BCUT2D eigenvalue weighted by Crippen LogP contribution is -2.44. The lowest BCUT2D eigenvalue weighted by atomic mass is 9.88. The number of rotatable bonds is 27. The molecule has 4 atom stereocenters. The van der Waals surface area contributed by atoms with Crippen molar-refractivity contribution in [1.29, 1.82) is 0 Å². The normalized spacial score (nSPS) is 15.1. The minimum absolute atomic E-state index is 0.0373. The number of nitrogens with two attached hydrogens (primary N) is 1. The zero-order valence-corrected chi connectivity index (χ0v) is 23.4. The molecule has 5 nitrogen and oxygen atoms in total. The van der Waals surface area contributed by atoms with Crippen LogP contribution in [0.1, 0.15) is 162 Å². The molecule has 0 radical (unpaired) electrons. The molecule has 0 aromatic rings. The van der Waals surface area contributed by atoms with Gasteiger partial charge >= 0.3 is 0 Å². The maximum absolute atomic E-state index is 12.6. The van der Waals surface area contributed by atoms with E-state index >= 15 is 0 Å². The number of Topliss-reactive ketones (excluding diaryl/α,β-unsaturated/α-hetero) is 1. The molecule has 1 unspecified atom stereocenters. The Kier molecular flexibility index (Phi) is 24.8. The average molecular weight is 500 g/mol. The Labute approximate surface area is 217 Å². The Morgan fingerprint density at radius 2 is 0.914 bits per heavy atom. The third kappa shape index (κ3) is 21.3. The van der Waals surface area contributed by atoms with Crippen molar-refractivity contribution in [2.75, 3.05) is 0 Å². The van der Waals surface area contributed by atoms with Crippen LogP contribution in [0.3, 0.4) is 0 Å². The molecule has 0 saturated carbocycles. The first kappa shape index (κ1) is 34.5. The van der Waals surface area contributed by atoms with Crippen LogP contribution in [-0.2, 0) is 4.79 Å². The Bertz CT molecular complexity index is 458. The first-order valence-electron chi connectivity index (χ1n) is 15.3. The van der Waals surface area contributed by atoms with E-state index in [0.717, 1.165) is 32.1 Å². The first-order chi connectivity index (χ1) is 16.9. The maximum Gasteiger partial charge on any atom is 0.145 e. The Morgan fingerprint density at radius 3 is 1.29 bits per heavy atom. The number of hydrogen-bond donors (Lipinski definition) is 4. The summed E-state index contributed by atoms with van der Waals surface area (Å²) >= 11 is 0. The molecule has 0 heterocycles. The highest BCUT2D eigenvalue weighted by molar-refractivity contribution is 5.82. The smallest absolute Gasteiger partial charge is 0.145 e. The van der Waals surface area contributed by atoms with Crippen molar-refractivity contribution >= 4 is 5.78 Å². The van der Waals surface area contributed by atoms with Crippen LogP contribution in [0.15, 0.2) is 0 Å². The zero-order valence-electron chi connectivity index (χ0n) is 23.4. The number of aliphatic hydroxyl groups excluding tert-OH is 3. The van der Waals surface area contributed by atoms with E-state index < -0.39 is 24.4 Å². The largest absolute Gasteiger partial charge is 0.393 e. The molecule has 5 N–H and O–H groups in total. The van der Waals surface area contributed by atoms with Gasteiger partial charge in [0.1, 0.15) is 12.0 Å². The minimum atomic E-state index is -1.38.